The Labute approximate surface area is 110 Å². The molecule has 0 aromatic carbocycles. The first-order chi connectivity index (χ1) is 8.63. The molecule has 0 aliphatic carbocycles. The fourth-order valence-corrected chi connectivity index (χ4v) is 2.91. The van der Waals surface area contributed by atoms with Crippen LogP contribution in [0.4, 0.5) is 0 Å². The second kappa shape index (κ2) is 5.35. The van der Waals surface area contributed by atoms with E-state index in [0.717, 1.165) is 16.4 Å². The summed E-state index contributed by atoms with van der Waals surface area (Å²) in [7, 11) is 1.41. The molecule has 0 aliphatic rings. The van der Waals surface area contributed by atoms with Crippen LogP contribution < -0.4 is 0 Å². The number of aromatic amines is 1. The summed E-state index contributed by atoms with van der Waals surface area (Å²) in [4.78, 5) is 19.4. The molecule has 0 bridgehead atoms. The number of carbonyl (C=O) groups is 1. The molecule has 0 radical (unpaired) electrons. The third-order valence-electron chi connectivity index (χ3n) is 2.78. The number of methoxy groups -OCH3 is 1. The number of thiazole rings is 1. The minimum absolute atomic E-state index is 0.167. The molecule has 0 amide bonds. The zero-order chi connectivity index (χ0) is 13.1. The molecule has 2 aromatic heterocycles. The van der Waals surface area contributed by atoms with Crippen molar-refractivity contribution in [3.8, 4) is 11.4 Å². The second-order valence-electron chi connectivity index (χ2n) is 4.40. The van der Waals surface area contributed by atoms with Gasteiger partial charge in [0.15, 0.2) is 0 Å². The highest BCUT2D eigenvalue weighted by atomic mass is 32.1. The summed E-state index contributed by atoms with van der Waals surface area (Å²) >= 11 is 1.50. The van der Waals surface area contributed by atoms with Crippen molar-refractivity contribution in [3.05, 3.63) is 28.7 Å². The van der Waals surface area contributed by atoms with Crippen LogP contribution >= 0.6 is 11.3 Å². The van der Waals surface area contributed by atoms with E-state index in [2.05, 4.69) is 9.97 Å². The number of hydrogen-bond acceptors (Lipinski definition) is 4. The summed E-state index contributed by atoms with van der Waals surface area (Å²) in [5.41, 5.74) is 1.83. The smallest absolute Gasteiger partial charge is 0.315 e. The molecule has 96 valence electrons. The second-order valence-corrected chi connectivity index (χ2v) is 5.29. The summed E-state index contributed by atoms with van der Waals surface area (Å²) in [5, 5.41) is 2.76. The van der Waals surface area contributed by atoms with Crippen molar-refractivity contribution in [3.63, 3.8) is 0 Å². The van der Waals surface area contributed by atoms with Crippen molar-refractivity contribution < 1.29 is 9.53 Å². The van der Waals surface area contributed by atoms with Crippen molar-refractivity contribution in [2.24, 2.45) is 5.92 Å². The van der Waals surface area contributed by atoms with E-state index in [1.165, 1.54) is 18.4 Å². The van der Waals surface area contributed by atoms with Gasteiger partial charge in [0.05, 0.1) is 18.5 Å². The van der Waals surface area contributed by atoms with Gasteiger partial charge in [-0.15, -0.1) is 11.3 Å². The Balaban J connectivity index is 2.30. The number of nitrogens with zero attached hydrogens (tertiary/aromatic N) is 1. The Bertz CT molecular complexity index is 517. The lowest BCUT2D eigenvalue weighted by Crippen LogP contribution is -2.19. The summed E-state index contributed by atoms with van der Waals surface area (Å²) in [6, 6.07) is 3.88. The van der Waals surface area contributed by atoms with E-state index in [1.54, 1.807) is 0 Å². The van der Waals surface area contributed by atoms with Gasteiger partial charge < -0.3 is 9.72 Å². The monoisotopic (exact) mass is 264 g/mol. The quantitative estimate of drug-likeness (QED) is 0.863. The fourth-order valence-electron chi connectivity index (χ4n) is 1.83. The van der Waals surface area contributed by atoms with Gasteiger partial charge in [0.25, 0.3) is 0 Å². The third-order valence-corrected chi connectivity index (χ3v) is 3.71. The van der Waals surface area contributed by atoms with Gasteiger partial charge in [-0.05, 0) is 18.1 Å². The average molecular weight is 264 g/mol. The van der Waals surface area contributed by atoms with E-state index in [-0.39, 0.29) is 17.8 Å². The van der Waals surface area contributed by atoms with Crippen LogP contribution in [0.5, 0.6) is 0 Å². The maximum Gasteiger partial charge on any atom is 0.315 e. The first-order valence-electron chi connectivity index (χ1n) is 5.80. The predicted octanol–water partition coefficient (Wildman–Crippen LogP) is 3.05. The number of esters is 1. The summed E-state index contributed by atoms with van der Waals surface area (Å²) in [5.74, 6) is -0.346. The lowest BCUT2D eigenvalue weighted by Gasteiger charge is -2.15. The highest BCUT2D eigenvalue weighted by molar-refractivity contribution is 7.10. The van der Waals surface area contributed by atoms with Crippen LogP contribution in [-0.2, 0) is 9.53 Å². The number of ether oxygens (including phenoxy) is 1. The Kier molecular flexibility index (Phi) is 3.81. The maximum absolute atomic E-state index is 11.8. The van der Waals surface area contributed by atoms with Gasteiger partial charge >= 0.3 is 5.97 Å². The molecule has 0 spiro atoms. The molecule has 4 nitrogen and oxygen atoms in total. The molecule has 0 saturated carbocycles. The standard InChI is InChI=1S/C13H16N2O2S/c1-8(2)11(13(16)17-3)12-15-10(7-18-12)9-5-4-6-14-9/h4-8,11,14H,1-3H3. The molecule has 0 saturated heterocycles. The van der Waals surface area contributed by atoms with Crippen LogP contribution in [0.15, 0.2) is 23.7 Å². The molecule has 0 aliphatic heterocycles. The van der Waals surface area contributed by atoms with E-state index >= 15 is 0 Å². The maximum atomic E-state index is 11.8. The van der Waals surface area contributed by atoms with Crippen LogP contribution in [0, 0.1) is 5.92 Å². The molecule has 5 heteroatoms. The molecule has 2 heterocycles. The summed E-state index contributed by atoms with van der Waals surface area (Å²) in [6.45, 7) is 3.99. The molecular formula is C13H16N2O2S. The number of aromatic nitrogens is 2. The molecule has 2 aromatic rings. The normalized spacial score (nSPS) is 12.7. The Morgan fingerprint density at radius 3 is 2.83 bits per heavy atom. The number of hydrogen-bond donors (Lipinski definition) is 1. The molecular weight excluding hydrogens is 248 g/mol. The molecule has 1 unspecified atom stereocenters. The minimum atomic E-state index is -0.288. The van der Waals surface area contributed by atoms with Gasteiger partial charge in [-0.25, -0.2) is 4.98 Å². The largest absolute Gasteiger partial charge is 0.468 e. The molecule has 1 N–H and O–H groups in total. The van der Waals surface area contributed by atoms with Crippen molar-refractivity contribution >= 4 is 17.3 Å². The van der Waals surface area contributed by atoms with Crippen molar-refractivity contribution in [1.82, 2.24) is 9.97 Å². The summed E-state index contributed by atoms with van der Waals surface area (Å²) in [6.07, 6.45) is 1.86. The average Bonchev–Trinajstić information content (AvgIpc) is 2.98. The van der Waals surface area contributed by atoms with Crippen LogP contribution in [0.2, 0.25) is 0 Å². The Morgan fingerprint density at radius 2 is 2.28 bits per heavy atom. The van der Waals surface area contributed by atoms with E-state index in [0.29, 0.717) is 0 Å². The van der Waals surface area contributed by atoms with Crippen LogP contribution in [-0.4, -0.2) is 23.0 Å². The predicted molar refractivity (Wildman–Crippen MR) is 71.5 cm³/mol. The van der Waals surface area contributed by atoms with Gasteiger partial charge in [-0.2, -0.15) is 0 Å². The SMILES string of the molecule is COC(=O)C(c1nc(-c2ccc[nH]2)cs1)C(C)C. The van der Waals surface area contributed by atoms with E-state index in [1.807, 2.05) is 37.6 Å². The van der Waals surface area contributed by atoms with Crippen LogP contribution in [0.1, 0.15) is 24.8 Å². The van der Waals surface area contributed by atoms with Crippen molar-refractivity contribution in [2.45, 2.75) is 19.8 Å². The highest BCUT2D eigenvalue weighted by Gasteiger charge is 2.28. The Hall–Kier alpha value is -1.62. The molecule has 2 rings (SSSR count). The molecule has 18 heavy (non-hydrogen) atoms. The Morgan fingerprint density at radius 1 is 1.50 bits per heavy atom. The topological polar surface area (TPSA) is 55.0 Å². The van der Waals surface area contributed by atoms with Crippen molar-refractivity contribution in [1.29, 1.82) is 0 Å². The first-order valence-corrected chi connectivity index (χ1v) is 6.68. The van der Waals surface area contributed by atoms with Gasteiger partial charge in [-0.3, -0.25) is 4.79 Å². The zero-order valence-electron chi connectivity index (χ0n) is 10.6. The highest BCUT2D eigenvalue weighted by Crippen LogP contribution is 2.31. The number of rotatable bonds is 4. The third kappa shape index (κ3) is 2.46. The van der Waals surface area contributed by atoms with E-state index in [9.17, 15) is 4.79 Å². The fraction of sp³-hybridized carbons (Fsp3) is 0.385. The zero-order valence-corrected chi connectivity index (χ0v) is 11.5. The first kappa shape index (κ1) is 12.8. The van der Waals surface area contributed by atoms with Gasteiger partial charge in [-0.1, -0.05) is 13.8 Å². The van der Waals surface area contributed by atoms with Gasteiger partial charge in [0.1, 0.15) is 10.9 Å². The molecule has 1 atom stereocenters. The lowest BCUT2D eigenvalue weighted by atomic mass is 9.97. The summed E-state index contributed by atoms with van der Waals surface area (Å²) < 4.78 is 4.85. The van der Waals surface area contributed by atoms with Gasteiger partial charge in [0, 0.05) is 11.6 Å². The number of H-pyrrole nitrogens is 1. The van der Waals surface area contributed by atoms with Crippen molar-refractivity contribution in [2.75, 3.05) is 7.11 Å². The lowest BCUT2D eigenvalue weighted by molar-refractivity contribution is -0.143. The van der Waals surface area contributed by atoms with Gasteiger partial charge in [0.2, 0.25) is 0 Å². The molecule has 0 fully saturated rings. The van der Waals surface area contributed by atoms with Crippen LogP contribution in [0.25, 0.3) is 11.4 Å². The number of nitrogens with one attached hydrogen (secondary N) is 1. The van der Waals surface area contributed by atoms with Crippen LogP contribution in [0.3, 0.4) is 0 Å². The van der Waals surface area contributed by atoms with E-state index < -0.39 is 0 Å². The van der Waals surface area contributed by atoms with E-state index in [4.69, 9.17) is 4.74 Å². The minimum Gasteiger partial charge on any atom is -0.468 e. The number of carbonyl (C=O) groups excluding carboxylic acids is 1.